The van der Waals surface area contributed by atoms with E-state index < -0.39 is 5.91 Å². The molecule has 1 saturated heterocycles. The third-order valence-corrected chi connectivity index (χ3v) is 4.69. The highest BCUT2D eigenvalue weighted by molar-refractivity contribution is 6.00. The predicted molar refractivity (Wildman–Crippen MR) is 112 cm³/mol. The van der Waals surface area contributed by atoms with Gasteiger partial charge in [0, 0.05) is 33.3 Å². The van der Waals surface area contributed by atoms with Crippen LogP contribution < -0.4 is 25.6 Å². The number of urea groups is 1. The molecule has 12 heteroatoms. The molecule has 160 valence electrons. The second-order valence-electron chi connectivity index (χ2n) is 6.68. The zero-order valence-corrected chi connectivity index (χ0v) is 17.2. The fraction of sp³-hybridized carbons (Fsp3) is 0.263. The number of para-hydroxylation sites is 1. The number of anilines is 3. The summed E-state index contributed by atoms with van der Waals surface area (Å²) in [6, 6.07) is 6.78. The third-order valence-electron chi connectivity index (χ3n) is 4.69. The van der Waals surface area contributed by atoms with E-state index in [0.717, 1.165) is 0 Å². The van der Waals surface area contributed by atoms with E-state index in [9.17, 15) is 9.59 Å². The second kappa shape index (κ2) is 8.26. The van der Waals surface area contributed by atoms with Crippen LogP contribution in [-0.2, 0) is 7.05 Å². The van der Waals surface area contributed by atoms with Crippen LogP contribution in [0.15, 0.2) is 30.6 Å². The Morgan fingerprint density at radius 2 is 2.10 bits per heavy atom. The van der Waals surface area contributed by atoms with Gasteiger partial charge in [0.15, 0.2) is 23.1 Å². The second-order valence-corrected chi connectivity index (χ2v) is 6.68. The minimum Gasteiger partial charge on any atom is -0.494 e. The fourth-order valence-corrected chi connectivity index (χ4v) is 3.22. The molecule has 3 aromatic rings. The number of hydrogen-bond acceptors (Lipinski definition) is 8. The maximum atomic E-state index is 12.4. The van der Waals surface area contributed by atoms with Crippen LogP contribution in [-0.4, -0.2) is 64.1 Å². The Bertz CT molecular complexity index is 1140. The third kappa shape index (κ3) is 3.82. The van der Waals surface area contributed by atoms with E-state index in [2.05, 4.69) is 36.2 Å². The maximum Gasteiger partial charge on any atom is 0.323 e. The number of nitrogens with one attached hydrogen (secondary N) is 3. The number of carbonyl (C=O) groups is 2. The lowest BCUT2D eigenvalue weighted by molar-refractivity contribution is 0.0958. The minimum absolute atomic E-state index is 0.0780. The van der Waals surface area contributed by atoms with Crippen molar-refractivity contribution in [2.24, 2.45) is 7.05 Å². The topological polar surface area (TPSA) is 139 Å². The van der Waals surface area contributed by atoms with Crippen LogP contribution in [0.1, 0.15) is 10.5 Å². The molecule has 0 aliphatic carbocycles. The molecule has 3 heterocycles. The van der Waals surface area contributed by atoms with E-state index in [1.165, 1.54) is 19.1 Å². The first-order valence-electron chi connectivity index (χ1n) is 9.47. The highest BCUT2D eigenvalue weighted by Crippen LogP contribution is 2.37. The Hall–Kier alpha value is -4.22. The maximum absolute atomic E-state index is 12.4. The first-order chi connectivity index (χ1) is 15.0. The largest absolute Gasteiger partial charge is 0.494 e. The standard InChI is InChI=1S/C19H21N9O3/c1-20-18(29)15-13(9-14(24-25-15)28-8-7-21-19(28)30)23-12-6-4-5-11(16(12)31-3)17-22-10-27(2)26-17/h4-6,9-10H,7-8H2,1-3H3,(H,20,29)(H,21,30)(H,23,24). The van der Waals surface area contributed by atoms with Gasteiger partial charge in [-0.05, 0) is 12.1 Å². The van der Waals surface area contributed by atoms with Crippen molar-refractivity contribution < 1.29 is 14.3 Å². The summed E-state index contributed by atoms with van der Waals surface area (Å²) in [4.78, 5) is 30.1. The quantitative estimate of drug-likeness (QED) is 0.532. The molecule has 0 unspecified atom stereocenters. The number of amides is 3. The normalized spacial score (nSPS) is 13.1. The number of methoxy groups -OCH3 is 1. The summed E-state index contributed by atoms with van der Waals surface area (Å²) >= 11 is 0. The van der Waals surface area contributed by atoms with Gasteiger partial charge in [-0.15, -0.1) is 10.2 Å². The Morgan fingerprint density at radius 1 is 1.26 bits per heavy atom. The molecule has 31 heavy (non-hydrogen) atoms. The van der Waals surface area contributed by atoms with Crippen molar-refractivity contribution in [1.82, 2.24) is 35.6 Å². The Balaban J connectivity index is 1.77. The first-order valence-corrected chi connectivity index (χ1v) is 9.47. The van der Waals surface area contributed by atoms with Crippen molar-refractivity contribution in [3.05, 3.63) is 36.3 Å². The summed E-state index contributed by atoms with van der Waals surface area (Å²) in [7, 11) is 4.82. The molecule has 0 saturated carbocycles. The van der Waals surface area contributed by atoms with Crippen molar-refractivity contribution in [1.29, 1.82) is 0 Å². The van der Waals surface area contributed by atoms with Crippen molar-refractivity contribution in [2.45, 2.75) is 0 Å². The van der Waals surface area contributed by atoms with Gasteiger partial charge in [-0.3, -0.25) is 14.4 Å². The monoisotopic (exact) mass is 423 g/mol. The number of rotatable bonds is 6. The molecule has 3 amide bonds. The van der Waals surface area contributed by atoms with E-state index in [1.54, 1.807) is 30.2 Å². The number of nitrogens with zero attached hydrogens (tertiary/aromatic N) is 6. The number of benzene rings is 1. The Labute approximate surface area is 177 Å². The van der Waals surface area contributed by atoms with E-state index in [-0.39, 0.29) is 11.7 Å². The van der Waals surface area contributed by atoms with Crippen LogP contribution in [0.25, 0.3) is 11.4 Å². The van der Waals surface area contributed by atoms with Gasteiger partial charge in [0.05, 0.1) is 24.0 Å². The van der Waals surface area contributed by atoms with Gasteiger partial charge in [0.25, 0.3) is 5.91 Å². The molecule has 1 aromatic carbocycles. The van der Waals surface area contributed by atoms with E-state index >= 15 is 0 Å². The number of ether oxygens (including phenoxy) is 1. The Morgan fingerprint density at radius 3 is 2.74 bits per heavy atom. The first kappa shape index (κ1) is 20.1. The SMILES string of the molecule is CNC(=O)c1nnc(N2CCNC2=O)cc1Nc1cccc(-c2ncn(C)n2)c1OC. The number of hydrogen-bond donors (Lipinski definition) is 3. The van der Waals surface area contributed by atoms with E-state index in [0.29, 0.717) is 47.4 Å². The summed E-state index contributed by atoms with van der Waals surface area (Å²) in [6.45, 7) is 0.962. The van der Waals surface area contributed by atoms with Crippen molar-refractivity contribution in [3.63, 3.8) is 0 Å². The zero-order valence-electron chi connectivity index (χ0n) is 17.2. The van der Waals surface area contributed by atoms with Crippen LogP contribution in [0.3, 0.4) is 0 Å². The van der Waals surface area contributed by atoms with Gasteiger partial charge in [0.2, 0.25) is 0 Å². The molecule has 1 aliphatic rings. The molecule has 0 radical (unpaired) electrons. The van der Waals surface area contributed by atoms with Crippen LogP contribution in [0, 0.1) is 0 Å². The lowest BCUT2D eigenvalue weighted by Crippen LogP contribution is -2.29. The molecule has 0 atom stereocenters. The summed E-state index contributed by atoms with van der Waals surface area (Å²) < 4.78 is 7.22. The minimum atomic E-state index is -0.422. The summed E-state index contributed by atoms with van der Waals surface area (Å²) in [5, 5.41) is 20.9. The van der Waals surface area contributed by atoms with Gasteiger partial charge in [0.1, 0.15) is 6.33 Å². The molecule has 12 nitrogen and oxygen atoms in total. The van der Waals surface area contributed by atoms with Gasteiger partial charge < -0.3 is 20.7 Å². The van der Waals surface area contributed by atoms with E-state index in [4.69, 9.17) is 4.74 Å². The smallest absolute Gasteiger partial charge is 0.323 e. The van der Waals surface area contributed by atoms with Crippen LogP contribution in [0.5, 0.6) is 5.75 Å². The highest BCUT2D eigenvalue weighted by Gasteiger charge is 2.25. The molecule has 1 aliphatic heterocycles. The summed E-state index contributed by atoms with van der Waals surface area (Å²) in [5.74, 6) is 0.895. The lowest BCUT2D eigenvalue weighted by Gasteiger charge is -2.18. The van der Waals surface area contributed by atoms with Crippen LogP contribution in [0.4, 0.5) is 22.0 Å². The average molecular weight is 423 g/mol. The number of aryl methyl sites for hydroxylation is 1. The molecule has 2 aromatic heterocycles. The van der Waals surface area contributed by atoms with Crippen molar-refractivity contribution in [2.75, 3.05) is 37.5 Å². The van der Waals surface area contributed by atoms with Gasteiger partial charge >= 0.3 is 6.03 Å². The van der Waals surface area contributed by atoms with E-state index in [1.807, 2.05) is 12.1 Å². The average Bonchev–Trinajstić information content (AvgIpc) is 3.41. The fourth-order valence-electron chi connectivity index (χ4n) is 3.22. The molecular formula is C19H21N9O3. The molecule has 0 spiro atoms. The summed E-state index contributed by atoms with van der Waals surface area (Å²) in [5.41, 5.74) is 1.70. The van der Waals surface area contributed by atoms with Gasteiger partial charge in [-0.25, -0.2) is 9.78 Å². The molecule has 3 N–H and O–H groups in total. The Kier molecular flexibility index (Phi) is 5.35. The van der Waals surface area contributed by atoms with Crippen molar-refractivity contribution >= 4 is 29.1 Å². The number of carbonyl (C=O) groups excluding carboxylic acids is 2. The molecule has 1 fully saturated rings. The summed E-state index contributed by atoms with van der Waals surface area (Å²) in [6.07, 6.45) is 1.60. The van der Waals surface area contributed by atoms with Gasteiger partial charge in [-0.1, -0.05) is 6.07 Å². The van der Waals surface area contributed by atoms with Gasteiger partial charge in [-0.2, -0.15) is 5.10 Å². The molecule has 0 bridgehead atoms. The lowest BCUT2D eigenvalue weighted by atomic mass is 10.1. The number of aromatic nitrogens is 5. The predicted octanol–water partition coefficient (Wildman–Crippen LogP) is 0.913. The zero-order chi connectivity index (χ0) is 22.0. The van der Waals surface area contributed by atoms with Crippen LogP contribution >= 0.6 is 0 Å². The molecular weight excluding hydrogens is 402 g/mol. The molecule has 4 rings (SSSR count). The highest BCUT2D eigenvalue weighted by atomic mass is 16.5. The van der Waals surface area contributed by atoms with Crippen molar-refractivity contribution in [3.8, 4) is 17.1 Å². The van der Waals surface area contributed by atoms with Crippen LogP contribution in [0.2, 0.25) is 0 Å².